The minimum Gasteiger partial charge on any atom is -0.454 e. The van der Waals surface area contributed by atoms with Crippen LogP contribution in [0.2, 0.25) is 5.02 Å². The van der Waals surface area contributed by atoms with Crippen molar-refractivity contribution in [1.29, 1.82) is 0 Å². The van der Waals surface area contributed by atoms with Crippen molar-refractivity contribution < 1.29 is 18.8 Å². The highest BCUT2D eigenvalue weighted by molar-refractivity contribution is 6.33. The average Bonchev–Trinajstić information content (AvgIpc) is 3.54. The Balaban J connectivity index is 1.30. The van der Waals surface area contributed by atoms with Gasteiger partial charge in [-0.05, 0) is 42.3 Å². The second-order valence-electron chi connectivity index (χ2n) is 7.84. The fourth-order valence-electron chi connectivity index (χ4n) is 3.77. The van der Waals surface area contributed by atoms with Gasteiger partial charge in [-0.2, -0.15) is 4.98 Å². The second kappa shape index (κ2) is 9.97. The molecule has 172 valence electrons. The zero-order valence-electron chi connectivity index (χ0n) is 18.3. The number of ether oxygens (including phenoxy) is 2. The molecule has 1 aromatic heterocycles. The molecule has 0 aliphatic carbocycles. The number of hydrogen-bond acceptors (Lipinski definition) is 6. The quantitative estimate of drug-likeness (QED) is 0.355. The molecule has 5 rings (SSSR count). The average molecular weight is 476 g/mol. The van der Waals surface area contributed by atoms with Crippen molar-refractivity contribution in [3.05, 3.63) is 94.8 Å². The van der Waals surface area contributed by atoms with E-state index in [9.17, 15) is 4.79 Å². The molecule has 0 bridgehead atoms. The zero-order valence-corrected chi connectivity index (χ0v) is 19.1. The summed E-state index contributed by atoms with van der Waals surface area (Å²) >= 11 is 6.30. The molecule has 1 amide bonds. The summed E-state index contributed by atoms with van der Waals surface area (Å²) in [5, 5.41) is 4.52. The monoisotopic (exact) mass is 475 g/mol. The summed E-state index contributed by atoms with van der Waals surface area (Å²) in [5.74, 6) is 2.13. The molecule has 0 saturated heterocycles. The summed E-state index contributed by atoms with van der Waals surface area (Å²) in [6.07, 6.45) is 1.14. The lowest BCUT2D eigenvalue weighted by atomic mass is 10.1. The molecule has 8 heteroatoms. The third-order valence-electron chi connectivity index (χ3n) is 5.60. The smallest absolute Gasteiger partial charge is 0.255 e. The summed E-state index contributed by atoms with van der Waals surface area (Å²) in [6, 6.07) is 22.6. The molecule has 0 spiro atoms. The van der Waals surface area contributed by atoms with Gasteiger partial charge < -0.3 is 18.9 Å². The normalized spacial score (nSPS) is 12.0. The number of hydrogen-bond donors (Lipinski definition) is 0. The van der Waals surface area contributed by atoms with Crippen LogP contribution in [0.1, 0.15) is 21.8 Å². The first-order valence-electron chi connectivity index (χ1n) is 11.0. The van der Waals surface area contributed by atoms with E-state index in [4.69, 9.17) is 25.6 Å². The zero-order chi connectivity index (χ0) is 23.3. The molecule has 7 nitrogen and oxygen atoms in total. The van der Waals surface area contributed by atoms with Crippen LogP contribution in [0.15, 0.2) is 77.3 Å². The van der Waals surface area contributed by atoms with E-state index in [0.29, 0.717) is 53.3 Å². The van der Waals surface area contributed by atoms with Crippen LogP contribution in [-0.2, 0) is 12.8 Å². The van der Waals surface area contributed by atoms with Crippen molar-refractivity contribution in [2.24, 2.45) is 0 Å². The molecule has 0 saturated carbocycles. The number of nitrogens with zero attached hydrogens (tertiary/aromatic N) is 3. The minimum absolute atomic E-state index is 0.128. The minimum atomic E-state index is -0.128. The van der Waals surface area contributed by atoms with Gasteiger partial charge in [0.15, 0.2) is 11.5 Å². The van der Waals surface area contributed by atoms with Gasteiger partial charge in [0.05, 0.1) is 10.6 Å². The maximum absolute atomic E-state index is 13.3. The SMILES string of the molecule is O=C(c1ccccc1Cl)N(CCc1ccccc1)CCc1nc(-c2ccc3c(c2)OCO3)no1. The predicted octanol–water partition coefficient (Wildman–Crippen LogP) is 5.05. The Kier molecular flexibility index (Phi) is 6.44. The van der Waals surface area contributed by atoms with E-state index in [1.807, 2.05) is 60.7 Å². The van der Waals surface area contributed by atoms with E-state index in [2.05, 4.69) is 10.1 Å². The summed E-state index contributed by atoms with van der Waals surface area (Å²) in [7, 11) is 0. The number of rotatable bonds is 8. The maximum Gasteiger partial charge on any atom is 0.255 e. The lowest BCUT2D eigenvalue weighted by molar-refractivity contribution is 0.0756. The maximum atomic E-state index is 13.3. The van der Waals surface area contributed by atoms with Gasteiger partial charge in [-0.25, -0.2) is 0 Å². The van der Waals surface area contributed by atoms with E-state index in [-0.39, 0.29) is 12.7 Å². The van der Waals surface area contributed by atoms with Crippen LogP contribution in [0.3, 0.4) is 0 Å². The van der Waals surface area contributed by atoms with Crippen LogP contribution in [-0.4, -0.2) is 40.8 Å². The molecular weight excluding hydrogens is 454 g/mol. The van der Waals surface area contributed by atoms with Crippen molar-refractivity contribution in [3.8, 4) is 22.9 Å². The fraction of sp³-hybridized carbons (Fsp3) is 0.192. The van der Waals surface area contributed by atoms with Crippen molar-refractivity contribution in [2.45, 2.75) is 12.8 Å². The lowest BCUT2D eigenvalue weighted by Crippen LogP contribution is -2.35. The molecule has 1 aliphatic heterocycles. The summed E-state index contributed by atoms with van der Waals surface area (Å²) in [5.41, 5.74) is 2.40. The molecule has 3 aromatic carbocycles. The van der Waals surface area contributed by atoms with Gasteiger partial charge in [-0.15, -0.1) is 0 Å². The first kappa shape index (κ1) is 22.0. The number of benzene rings is 3. The lowest BCUT2D eigenvalue weighted by Gasteiger charge is -2.23. The Morgan fingerprint density at radius 1 is 0.912 bits per heavy atom. The van der Waals surface area contributed by atoms with Crippen LogP contribution >= 0.6 is 11.6 Å². The fourth-order valence-corrected chi connectivity index (χ4v) is 3.99. The van der Waals surface area contributed by atoms with E-state index < -0.39 is 0 Å². The second-order valence-corrected chi connectivity index (χ2v) is 8.24. The highest BCUT2D eigenvalue weighted by atomic mass is 35.5. The number of halogens is 1. The Hall–Kier alpha value is -3.84. The third-order valence-corrected chi connectivity index (χ3v) is 5.93. The Labute approximate surface area is 201 Å². The largest absolute Gasteiger partial charge is 0.454 e. The number of carbonyl (C=O) groups is 1. The summed E-state index contributed by atoms with van der Waals surface area (Å²) in [6.45, 7) is 1.16. The molecule has 2 heterocycles. The van der Waals surface area contributed by atoms with E-state index >= 15 is 0 Å². The summed E-state index contributed by atoms with van der Waals surface area (Å²) in [4.78, 5) is 19.6. The summed E-state index contributed by atoms with van der Waals surface area (Å²) < 4.78 is 16.2. The van der Waals surface area contributed by atoms with Gasteiger partial charge in [0.2, 0.25) is 18.5 Å². The van der Waals surface area contributed by atoms with Crippen LogP contribution in [0, 0.1) is 0 Å². The van der Waals surface area contributed by atoms with Gasteiger partial charge in [0.25, 0.3) is 5.91 Å². The van der Waals surface area contributed by atoms with Crippen molar-refractivity contribution >= 4 is 17.5 Å². The highest BCUT2D eigenvalue weighted by Gasteiger charge is 2.20. The topological polar surface area (TPSA) is 77.7 Å². The Bertz CT molecular complexity index is 1290. The van der Waals surface area contributed by atoms with Gasteiger partial charge >= 0.3 is 0 Å². The van der Waals surface area contributed by atoms with Crippen LogP contribution in [0.4, 0.5) is 0 Å². The first-order chi connectivity index (χ1) is 16.7. The highest BCUT2D eigenvalue weighted by Crippen LogP contribution is 2.35. The predicted molar refractivity (Wildman–Crippen MR) is 127 cm³/mol. The van der Waals surface area contributed by atoms with Crippen molar-refractivity contribution in [1.82, 2.24) is 15.0 Å². The number of fused-ring (bicyclic) bond motifs is 1. The van der Waals surface area contributed by atoms with Gasteiger partial charge in [0.1, 0.15) is 0 Å². The molecule has 0 atom stereocenters. The van der Waals surface area contributed by atoms with Crippen LogP contribution < -0.4 is 9.47 Å². The molecule has 0 fully saturated rings. The van der Waals surface area contributed by atoms with E-state index in [1.54, 1.807) is 17.0 Å². The first-order valence-corrected chi connectivity index (χ1v) is 11.4. The molecule has 1 aliphatic rings. The van der Waals surface area contributed by atoms with Gasteiger partial charge in [-0.1, -0.05) is 59.2 Å². The molecule has 4 aromatic rings. The third kappa shape index (κ3) is 4.89. The molecule has 34 heavy (non-hydrogen) atoms. The molecule has 0 unspecified atom stereocenters. The van der Waals surface area contributed by atoms with Crippen molar-refractivity contribution in [2.75, 3.05) is 19.9 Å². The van der Waals surface area contributed by atoms with Crippen LogP contribution in [0.25, 0.3) is 11.4 Å². The molecule has 0 N–H and O–H groups in total. The van der Waals surface area contributed by atoms with E-state index in [1.165, 1.54) is 0 Å². The number of aromatic nitrogens is 2. The van der Waals surface area contributed by atoms with Gasteiger partial charge in [-0.3, -0.25) is 4.79 Å². The van der Waals surface area contributed by atoms with Gasteiger partial charge in [0, 0.05) is 25.1 Å². The molecule has 0 radical (unpaired) electrons. The Morgan fingerprint density at radius 2 is 1.68 bits per heavy atom. The molecular formula is C26H22ClN3O4. The van der Waals surface area contributed by atoms with E-state index in [0.717, 1.165) is 17.5 Å². The number of carbonyl (C=O) groups excluding carboxylic acids is 1. The number of amides is 1. The Morgan fingerprint density at radius 3 is 2.53 bits per heavy atom. The van der Waals surface area contributed by atoms with Crippen molar-refractivity contribution in [3.63, 3.8) is 0 Å². The van der Waals surface area contributed by atoms with Crippen LogP contribution in [0.5, 0.6) is 11.5 Å². The standard InChI is InChI=1S/C26H22ClN3O4/c27-21-9-5-4-8-20(21)26(31)30(14-12-18-6-2-1-3-7-18)15-13-24-28-25(29-34-24)19-10-11-22-23(16-19)33-17-32-22/h1-11,16H,12-15,17H2.